The molecule has 0 unspecified atom stereocenters. The van der Waals surface area contributed by atoms with Crippen molar-refractivity contribution in [2.75, 3.05) is 32.7 Å². The summed E-state index contributed by atoms with van der Waals surface area (Å²) in [6, 6.07) is 1.59. The Morgan fingerprint density at radius 3 is 2.86 bits per heavy atom. The van der Waals surface area contributed by atoms with Gasteiger partial charge in [-0.05, 0) is 24.9 Å². The van der Waals surface area contributed by atoms with Gasteiger partial charge in [-0.1, -0.05) is 6.92 Å². The molecule has 2 rings (SSSR count). The molecule has 1 aliphatic heterocycles. The molecule has 118 valence electrons. The lowest BCUT2D eigenvalue weighted by Gasteiger charge is -2.25. The van der Waals surface area contributed by atoms with Gasteiger partial charge in [-0.2, -0.15) is 13.2 Å². The maximum absolute atomic E-state index is 12.4. The largest absolute Gasteiger partial charge is 0.472 e. The van der Waals surface area contributed by atoms with E-state index in [4.69, 9.17) is 4.42 Å². The van der Waals surface area contributed by atoms with Crippen molar-refractivity contribution < 1.29 is 22.4 Å². The maximum Gasteiger partial charge on any atom is 0.401 e. The van der Waals surface area contributed by atoms with Gasteiger partial charge in [0.15, 0.2) is 0 Å². The van der Waals surface area contributed by atoms with E-state index in [-0.39, 0.29) is 11.8 Å². The first-order chi connectivity index (χ1) is 9.89. The third-order valence-electron chi connectivity index (χ3n) is 3.71. The van der Waals surface area contributed by atoms with Crippen molar-refractivity contribution in [2.24, 2.45) is 5.92 Å². The summed E-state index contributed by atoms with van der Waals surface area (Å²) >= 11 is 0. The number of furan rings is 1. The Labute approximate surface area is 121 Å². The Kier molecular flexibility index (Phi) is 4.92. The summed E-state index contributed by atoms with van der Waals surface area (Å²) in [5.74, 6) is -0.0340. The van der Waals surface area contributed by atoms with E-state index in [1.165, 1.54) is 17.4 Å². The molecule has 1 amide bonds. The second-order valence-corrected chi connectivity index (χ2v) is 5.36. The average Bonchev–Trinajstić information content (AvgIpc) is 3.06. The Bertz CT molecular complexity index is 459. The molecule has 0 saturated carbocycles. The molecule has 1 aromatic heterocycles. The smallest absolute Gasteiger partial charge is 0.401 e. The minimum Gasteiger partial charge on any atom is -0.472 e. The fourth-order valence-electron chi connectivity index (χ4n) is 2.66. The second-order valence-electron chi connectivity index (χ2n) is 5.36. The van der Waals surface area contributed by atoms with E-state index in [2.05, 4.69) is 0 Å². The third-order valence-corrected chi connectivity index (χ3v) is 3.71. The first-order valence-electron chi connectivity index (χ1n) is 6.99. The summed E-state index contributed by atoms with van der Waals surface area (Å²) in [6.07, 6.45) is -0.626. The fraction of sp³-hybridized carbons (Fsp3) is 0.643. The zero-order valence-corrected chi connectivity index (χ0v) is 11.9. The van der Waals surface area contributed by atoms with E-state index in [1.54, 1.807) is 17.9 Å². The van der Waals surface area contributed by atoms with Gasteiger partial charge in [0.1, 0.15) is 6.26 Å². The average molecular weight is 304 g/mol. The van der Waals surface area contributed by atoms with Gasteiger partial charge in [0.25, 0.3) is 5.91 Å². The van der Waals surface area contributed by atoms with Crippen LogP contribution in [-0.4, -0.2) is 54.6 Å². The summed E-state index contributed by atoms with van der Waals surface area (Å²) in [4.78, 5) is 15.2. The van der Waals surface area contributed by atoms with Crippen LogP contribution in [0.15, 0.2) is 23.0 Å². The van der Waals surface area contributed by atoms with E-state index < -0.39 is 12.7 Å². The molecule has 1 fully saturated rings. The molecule has 0 N–H and O–H groups in total. The number of amides is 1. The zero-order chi connectivity index (χ0) is 15.5. The predicted octanol–water partition coefficient (Wildman–Crippen LogP) is 2.63. The van der Waals surface area contributed by atoms with E-state index in [9.17, 15) is 18.0 Å². The SMILES string of the molecule is CCN(C[C@@H]1CCN(C(=O)c2ccoc2)C1)CC(F)(F)F. The quantitative estimate of drug-likeness (QED) is 0.839. The molecule has 1 aromatic rings. The normalized spacial score (nSPS) is 19.5. The molecule has 2 heterocycles. The highest BCUT2D eigenvalue weighted by molar-refractivity contribution is 5.93. The molecule has 0 bridgehead atoms. The van der Waals surface area contributed by atoms with Gasteiger partial charge in [-0.25, -0.2) is 0 Å². The van der Waals surface area contributed by atoms with Crippen LogP contribution >= 0.6 is 0 Å². The van der Waals surface area contributed by atoms with Crippen LogP contribution in [0.1, 0.15) is 23.7 Å². The lowest BCUT2D eigenvalue weighted by molar-refractivity contribution is -0.146. The Morgan fingerprint density at radius 2 is 2.29 bits per heavy atom. The van der Waals surface area contributed by atoms with Crippen molar-refractivity contribution >= 4 is 5.91 Å². The van der Waals surface area contributed by atoms with E-state index >= 15 is 0 Å². The second kappa shape index (κ2) is 6.51. The Hall–Kier alpha value is -1.50. The molecule has 0 spiro atoms. The number of carbonyl (C=O) groups excluding carboxylic acids is 1. The molecule has 4 nitrogen and oxygen atoms in total. The summed E-state index contributed by atoms with van der Waals surface area (Å²) < 4.78 is 42.2. The molecule has 1 atom stereocenters. The van der Waals surface area contributed by atoms with Gasteiger partial charge in [-0.15, -0.1) is 0 Å². The van der Waals surface area contributed by atoms with Crippen LogP contribution < -0.4 is 0 Å². The van der Waals surface area contributed by atoms with Crippen molar-refractivity contribution in [1.82, 2.24) is 9.80 Å². The predicted molar refractivity (Wildman–Crippen MR) is 70.9 cm³/mol. The molecule has 7 heteroatoms. The lowest BCUT2D eigenvalue weighted by atomic mass is 10.1. The van der Waals surface area contributed by atoms with Gasteiger partial charge in [-0.3, -0.25) is 9.69 Å². The van der Waals surface area contributed by atoms with E-state index in [1.807, 2.05) is 0 Å². The van der Waals surface area contributed by atoms with Gasteiger partial charge in [0.05, 0.1) is 18.4 Å². The monoisotopic (exact) mass is 304 g/mol. The molecule has 1 aliphatic rings. The van der Waals surface area contributed by atoms with E-state index in [0.29, 0.717) is 31.7 Å². The number of halogens is 3. The number of rotatable bonds is 5. The van der Waals surface area contributed by atoms with Crippen LogP contribution in [0.4, 0.5) is 13.2 Å². The first kappa shape index (κ1) is 15.9. The summed E-state index contributed by atoms with van der Waals surface area (Å²) in [5, 5.41) is 0. The van der Waals surface area contributed by atoms with Crippen molar-refractivity contribution in [3.63, 3.8) is 0 Å². The number of nitrogens with zero attached hydrogens (tertiary/aromatic N) is 2. The van der Waals surface area contributed by atoms with Crippen molar-refractivity contribution in [3.05, 3.63) is 24.2 Å². The lowest BCUT2D eigenvalue weighted by Crippen LogP contribution is -2.38. The molecule has 0 aromatic carbocycles. The number of hydrogen-bond acceptors (Lipinski definition) is 3. The fourth-order valence-corrected chi connectivity index (χ4v) is 2.66. The van der Waals surface area contributed by atoms with E-state index in [0.717, 1.165) is 6.42 Å². The molecule has 21 heavy (non-hydrogen) atoms. The molecule has 0 radical (unpaired) electrons. The number of hydrogen-bond donors (Lipinski definition) is 0. The Balaban J connectivity index is 1.86. The Morgan fingerprint density at radius 1 is 1.52 bits per heavy atom. The van der Waals surface area contributed by atoms with Gasteiger partial charge in [0.2, 0.25) is 0 Å². The minimum absolute atomic E-state index is 0.0863. The molecule has 0 aliphatic carbocycles. The van der Waals surface area contributed by atoms with Gasteiger partial charge < -0.3 is 9.32 Å². The molecular weight excluding hydrogens is 285 g/mol. The van der Waals surface area contributed by atoms with Crippen LogP contribution in [0, 0.1) is 5.92 Å². The number of carbonyl (C=O) groups is 1. The zero-order valence-electron chi connectivity index (χ0n) is 11.9. The summed E-state index contributed by atoms with van der Waals surface area (Å²) in [6.45, 7) is 2.62. The number of alkyl halides is 3. The maximum atomic E-state index is 12.4. The van der Waals surface area contributed by atoms with Crippen molar-refractivity contribution in [2.45, 2.75) is 19.5 Å². The van der Waals surface area contributed by atoms with Crippen LogP contribution in [0.25, 0.3) is 0 Å². The van der Waals surface area contributed by atoms with Crippen molar-refractivity contribution in [1.29, 1.82) is 0 Å². The van der Waals surface area contributed by atoms with Crippen molar-refractivity contribution in [3.8, 4) is 0 Å². The highest BCUT2D eigenvalue weighted by Crippen LogP contribution is 2.22. The molecular formula is C14H19F3N2O2. The minimum atomic E-state index is -4.18. The van der Waals surface area contributed by atoms with Gasteiger partial charge in [0, 0.05) is 19.6 Å². The van der Waals surface area contributed by atoms with Gasteiger partial charge >= 0.3 is 6.18 Å². The topological polar surface area (TPSA) is 36.7 Å². The van der Waals surface area contributed by atoms with Crippen LogP contribution in [0.3, 0.4) is 0 Å². The van der Waals surface area contributed by atoms with Crippen LogP contribution in [-0.2, 0) is 0 Å². The third kappa shape index (κ3) is 4.49. The summed E-state index contributed by atoms with van der Waals surface area (Å²) in [7, 11) is 0. The first-order valence-corrected chi connectivity index (χ1v) is 6.99. The molecule has 1 saturated heterocycles. The van der Waals surface area contributed by atoms with Crippen LogP contribution in [0.2, 0.25) is 0 Å². The van der Waals surface area contributed by atoms with Crippen LogP contribution in [0.5, 0.6) is 0 Å². The number of likely N-dealkylation sites (tertiary alicyclic amines) is 1. The highest BCUT2D eigenvalue weighted by Gasteiger charge is 2.33. The standard InChI is InChI=1S/C14H19F3N2O2/c1-2-18(10-14(15,16)17)7-11-3-5-19(8-11)13(20)12-4-6-21-9-12/h4,6,9,11H,2-3,5,7-8,10H2,1H3/t11-/m0/s1. The highest BCUT2D eigenvalue weighted by atomic mass is 19.4. The summed E-state index contributed by atoms with van der Waals surface area (Å²) in [5.41, 5.74) is 0.485.